The molecule has 1 atom stereocenters. The number of aromatic amines is 2. The highest BCUT2D eigenvalue weighted by atomic mass is 16.1. The summed E-state index contributed by atoms with van der Waals surface area (Å²) in [4.78, 5) is 41.2. The van der Waals surface area contributed by atoms with E-state index < -0.39 is 0 Å². The molecule has 2 aliphatic carbocycles. The van der Waals surface area contributed by atoms with Crippen molar-refractivity contribution in [2.75, 3.05) is 18.0 Å². The first-order valence-corrected chi connectivity index (χ1v) is 9.08. The van der Waals surface area contributed by atoms with Crippen molar-refractivity contribution in [3.05, 3.63) is 50.2 Å². The van der Waals surface area contributed by atoms with E-state index in [1.165, 1.54) is 6.33 Å². The summed E-state index contributed by atoms with van der Waals surface area (Å²) in [6, 6.07) is 1.55. The number of hydrogen-bond donors (Lipinski definition) is 2. The number of nitrogens with zero attached hydrogens (tertiary/aromatic N) is 3. The van der Waals surface area contributed by atoms with Gasteiger partial charge in [0.25, 0.3) is 11.1 Å². The Morgan fingerprint density at radius 2 is 2.12 bits per heavy atom. The predicted octanol–water partition coefficient (Wildman–Crippen LogP) is 1.21. The molecule has 3 heterocycles. The quantitative estimate of drug-likeness (QED) is 0.858. The maximum absolute atomic E-state index is 12.5. The number of hydrogen-bond acceptors (Lipinski definition) is 5. The Morgan fingerprint density at radius 3 is 2.92 bits per heavy atom. The summed E-state index contributed by atoms with van der Waals surface area (Å²) in [5.74, 6) is 2.02. The third-order valence-corrected chi connectivity index (χ3v) is 5.92. The van der Waals surface area contributed by atoms with Crippen LogP contribution in [0.15, 0.2) is 22.0 Å². The molecule has 25 heavy (non-hydrogen) atoms. The highest BCUT2D eigenvalue weighted by Crippen LogP contribution is 2.45. The van der Waals surface area contributed by atoms with Crippen LogP contribution < -0.4 is 16.0 Å². The highest BCUT2D eigenvalue weighted by Gasteiger charge is 2.45. The van der Waals surface area contributed by atoms with Crippen molar-refractivity contribution in [3.8, 4) is 0 Å². The maximum atomic E-state index is 12.5. The molecule has 2 aromatic heterocycles. The van der Waals surface area contributed by atoms with Gasteiger partial charge in [-0.2, -0.15) is 0 Å². The van der Waals surface area contributed by atoms with E-state index in [4.69, 9.17) is 4.98 Å². The zero-order valence-corrected chi connectivity index (χ0v) is 14.0. The van der Waals surface area contributed by atoms with Crippen molar-refractivity contribution in [1.82, 2.24) is 19.9 Å². The second-order valence-corrected chi connectivity index (χ2v) is 7.63. The molecule has 2 fully saturated rings. The Kier molecular flexibility index (Phi) is 3.14. The average molecular weight is 339 g/mol. The van der Waals surface area contributed by atoms with Gasteiger partial charge in [-0.3, -0.25) is 9.59 Å². The first kappa shape index (κ1) is 14.9. The highest BCUT2D eigenvalue weighted by molar-refractivity contribution is 5.43. The van der Waals surface area contributed by atoms with Crippen molar-refractivity contribution < 1.29 is 0 Å². The summed E-state index contributed by atoms with van der Waals surface area (Å²) < 4.78 is 0. The van der Waals surface area contributed by atoms with Gasteiger partial charge >= 0.3 is 0 Å². The molecule has 7 heteroatoms. The molecule has 2 aromatic rings. The first-order valence-electron chi connectivity index (χ1n) is 9.08. The van der Waals surface area contributed by atoms with E-state index in [9.17, 15) is 9.59 Å². The predicted molar refractivity (Wildman–Crippen MR) is 93.1 cm³/mol. The standard InChI is InChI=1S/C18H21N5O2/c24-14-8-13(19-10-20-14)23-7-1-5-18(9-23)6-4-12-15(18)21-16(11-2-3-11)22-17(12)25/h8,10-11H,1-7,9H2,(H,19,20,24)(H,21,22,25). The molecule has 7 nitrogen and oxygen atoms in total. The van der Waals surface area contributed by atoms with E-state index in [0.29, 0.717) is 11.7 Å². The number of piperidine rings is 1. The fourth-order valence-electron chi connectivity index (χ4n) is 4.47. The van der Waals surface area contributed by atoms with E-state index in [1.807, 2.05) is 0 Å². The van der Waals surface area contributed by atoms with Crippen LogP contribution in [-0.4, -0.2) is 33.0 Å². The third kappa shape index (κ3) is 2.41. The molecule has 0 amide bonds. The van der Waals surface area contributed by atoms with Gasteiger partial charge in [-0.1, -0.05) is 0 Å². The topological polar surface area (TPSA) is 94.7 Å². The number of anilines is 1. The molecule has 1 unspecified atom stereocenters. The van der Waals surface area contributed by atoms with Crippen LogP contribution in [0.1, 0.15) is 55.1 Å². The van der Waals surface area contributed by atoms with Gasteiger partial charge in [-0.25, -0.2) is 9.97 Å². The molecule has 1 saturated heterocycles. The Labute approximate surface area is 144 Å². The molecule has 1 spiro atoms. The summed E-state index contributed by atoms with van der Waals surface area (Å²) in [5.41, 5.74) is 1.70. The number of nitrogens with one attached hydrogen (secondary N) is 2. The third-order valence-electron chi connectivity index (χ3n) is 5.92. The molecule has 1 saturated carbocycles. The lowest BCUT2D eigenvalue weighted by atomic mass is 9.77. The SMILES string of the molecule is O=c1cc(N2CCCC3(CCc4c3nc(C3CC3)[nH]c4=O)C2)nc[nH]1. The van der Waals surface area contributed by atoms with Gasteiger partial charge in [0.1, 0.15) is 11.6 Å². The second kappa shape index (κ2) is 5.28. The Morgan fingerprint density at radius 1 is 1.24 bits per heavy atom. The molecular formula is C18H21N5O2. The molecule has 0 radical (unpaired) electrons. The minimum atomic E-state index is -0.137. The van der Waals surface area contributed by atoms with Crippen molar-refractivity contribution >= 4 is 5.82 Å². The largest absolute Gasteiger partial charge is 0.355 e. The Bertz CT molecular complexity index is 945. The smallest absolute Gasteiger partial charge is 0.254 e. The van der Waals surface area contributed by atoms with Crippen LogP contribution in [0, 0.1) is 0 Å². The molecule has 3 aliphatic rings. The molecular weight excluding hydrogens is 318 g/mol. The van der Waals surface area contributed by atoms with Crippen LogP contribution in [0.5, 0.6) is 0 Å². The zero-order valence-electron chi connectivity index (χ0n) is 14.0. The average Bonchev–Trinajstić information content (AvgIpc) is 3.41. The van der Waals surface area contributed by atoms with Crippen molar-refractivity contribution in [1.29, 1.82) is 0 Å². The van der Waals surface area contributed by atoms with Crippen molar-refractivity contribution in [2.45, 2.75) is 49.9 Å². The van der Waals surface area contributed by atoms with E-state index >= 15 is 0 Å². The van der Waals surface area contributed by atoms with Crippen molar-refractivity contribution in [2.24, 2.45) is 0 Å². The lowest BCUT2D eigenvalue weighted by Gasteiger charge is -2.41. The van der Waals surface area contributed by atoms with Gasteiger partial charge in [0.05, 0.1) is 12.0 Å². The summed E-state index contributed by atoms with van der Waals surface area (Å²) in [6.45, 7) is 1.66. The van der Waals surface area contributed by atoms with Crippen LogP contribution in [0.4, 0.5) is 5.82 Å². The molecule has 0 aromatic carbocycles. The van der Waals surface area contributed by atoms with Gasteiger partial charge < -0.3 is 14.9 Å². The summed E-state index contributed by atoms with van der Waals surface area (Å²) in [5, 5.41) is 0. The minimum absolute atomic E-state index is 0.0511. The van der Waals surface area contributed by atoms with Crippen LogP contribution in [0.2, 0.25) is 0 Å². The van der Waals surface area contributed by atoms with E-state index in [2.05, 4.69) is 19.9 Å². The Hall–Kier alpha value is -2.44. The molecule has 130 valence electrons. The summed E-state index contributed by atoms with van der Waals surface area (Å²) >= 11 is 0. The van der Waals surface area contributed by atoms with E-state index in [0.717, 1.165) is 68.7 Å². The zero-order chi connectivity index (χ0) is 17.0. The van der Waals surface area contributed by atoms with Gasteiger partial charge in [0.15, 0.2) is 0 Å². The molecule has 0 bridgehead atoms. The molecule has 5 rings (SSSR count). The monoisotopic (exact) mass is 339 g/mol. The fourth-order valence-corrected chi connectivity index (χ4v) is 4.47. The van der Waals surface area contributed by atoms with Crippen LogP contribution in [-0.2, 0) is 11.8 Å². The number of fused-ring (bicyclic) bond motifs is 2. The van der Waals surface area contributed by atoms with Gasteiger partial charge in [-0.15, -0.1) is 0 Å². The van der Waals surface area contributed by atoms with Crippen LogP contribution >= 0.6 is 0 Å². The fraction of sp³-hybridized carbons (Fsp3) is 0.556. The number of aromatic nitrogens is 4. The van der Waals surface area contributed by atoms with E-state index in [-0.39, 0.29) is 16.5 Å². The lowest BCUT2D eigenvalue weighted by molar-refractivity contribution is 0.332. The maximum Gasteiger partial charge on any atom is 0.254 e. The van der Waals surface area contributed by atoms with Crippen LogP contribution in [0.3, 0.4) is 0 Å². The van der Waals surface area contributed by atoms with Gasteiger partial charge in [0.2, 0.25) is 0 Å². The van der Waals surface area contributed by atoms with E-state index in [1.54, 1.807) is 6.07 Å². The summed E-state index contributed by atoms with van der Waals surface area (Å²) in [6.07, 6.45) is 7.50. The lowest BCUT2D eigenvalue weighted by Crippen LogP contribution is -2.46. The molecule has 1 aliphatic heterocycles. The second-order valence-electron chi connectivity index (χ2n) is 7.63. The first-order chi connectivity index (χ1) is 12.1. The summed E-state index contributed by atoms with van der Waals surface area (Å²) in [7, 11) is 0. The van der Waals surface area contributed by atoms with Crippen LogP contribution in [0.25, 0.3) is 0 Å². The molecule has 2 N–H and O–H groups in total. The number of H-pyrrole nitrogens is 2. The Balaban J connectivity index is 1.55. The number of rotatable bonds is 2. The van der Waals surface area contributed by atoms with Crippen molar-refractivity contribution in [3.63, 3.8) is 0 Å². The minimum Gasteiger partial charge on any atom is -0.355 e. The normalized spacial score (nSPS) is 25.4. The van der Waals surface area contributed by atoms with Gasteiger partial charge in [0, 0.05) is 36.1 Å². The van der Waals surface area contributed by atoms with Gasteiger partial charge in [-0.05, 0) is 38.5 Å².